The Bertz CT molecular complexity index is 159. The van der Waals surface area contributed by atoms with Gasteiger partial charge in [-0.1, -0.05) is 51.4 Å². The van der Waals surface area contributed by atoms with Crippen molar-refractivity contribution in [2.24, 2.45) is 11.8 Å². The maximum Gasteiger partial charge on any atom is 0.0366 e. The van der Waals surface area contributed by atoms with E-state index in [0.29, 0.717) is 5.38 Å². The molecule has 2 atom stereocenters. The molecule has 0 aliphatic heterocycles. The lowest BCUT2D eigenvalue weighted by atomic mass is 9.76. The number of rotatable bonds is 1. The molecule has 0 nitrogen and oxygen atoms in total. The van der Waals surface area contributed by atoms with Gasteiger partial charge in [-0.2, -0.15) is 0 Å². The Labute approximate surface area is 93.4 Å². The van der Waals surface area contributed by atoms with Crippen LogP contribution in [0.15, 0.2) is 0 Å². The van der Waals surface area contributed by atoms with Gasteiger partial charge < -0.3 is 0 Å². The van der Waals surface area contributed by atoms with E-state index in [1.165, 1.54) is 64.2 Å². The van der Waals surface area contributed by atoms with Crippen LogP contribution in [0.5, 0.6) is 0 Å². The van der Waals surface area contributed by atoms with E-state index in [1.54, 1.807) is 0 Å². The van der Waals surface area contributed by atoms with Gasteiger partial charge in [0.25, 0.3) is 0 Å². The van der Waals surface area contributed by atoms with E-state index in [-0.39, 0.29) is 0 Å². The summed E-state index contributed by atoms with van der Waals surface area (Å²) in [4.78, 5) is 0. The fourth-order valence-corrected chi connectivity index (χ4v) is 3.87. The Kier molecular flexibility index (Phi) is 4.16. The molecule has 2 rings (SSSR count). The molecule has 0 spiro atoms. The highest BCUT2D eigenvalue weighted by atomic mass is 35.5. The van der Waals surface area contributed by atoms with Crippen LogP contribution in [0.4, 0.5) is 0 Å². The second-order valence-corrected chi connectivity index (χ2v) is 5.78. The van der Waals surface area contributed by atoms with E-state index < -0.39 is 0 Å². The van der Waals surface area contributed by atoms with Gasteiger partial charge in [0.2, 0.25) is 0 Å². The zero-order valence-electron chi connectivity index (χ0n) is 9.18. The zero-order valence-corrected chi connectivity index (χ0v) is 9.94. The number of alkyl halides is 1. The van der Waals surface area contributed by atoms with E-state index in [4.69, 9.17) is 11.6 Å². The number of halogens is 1. The molecule has 0 aromatic heterocycles. The summed E-state index contributed by atoms with van der Waals surface area (Å²) in [5, 5.41) is 0.506. The van der Waals surface area contributed by atoms with Crippen molar-refractivity contribution in [3.05, 3.63) is 0 Å². The average Bonchev–Trinajstić information content (AvgIpc) is 2.47. The molecule has 0 aromatic rings. The molecule has 2 saturated carbocycles. The van der Waals surface area contributed by atoms with Gasteiger partial charge in [-0.05, 0) is 24.7 Å². The van der Waals surface area contributed by atoms with Crippen LogP contribution in [0, 0.1) is 11.8 Å². The topological polar surface area (TPSA) is 0 Å². The molecular weight excluding hydrogens is 192 g/mol. The maximum atomic E-state index is 6.47. The Morgan fingerprint density at radius 1 is 0.643 bits per heavy atom. The summed E-state index contributed by atoms with van der Waals surface area (Å²) >= 11 is 6.47. The second kappa shape index (κ2) is 5.39. The first-order valence-electron chi connectivity index (χ1n) is 6.52. The summed E-state index contributed by atoms with van der Waals surface area (Å²) in [5.74, 6) is 1.84. The largest absolute Gasteiger partial charge is 0.123 e. The predicted molar refractivity (Wildman–Crippen MR) is 62.8 cm³/mol. The molecule has 2 aliphatic carbocycles. The van der Waals surface area contributed by atoms with E-state index in [0.717, 1.165) is 11.8 Å². The summed E-state index contributed by atoms with van der Waals surface area (Å²) in [5.41, 5.74) is 0. The third-order valence-electron chi connectivity index (χ3n) is 4.24. The van der Waals surface area contributed by atoms with Gasteiger partial charge in [0.1, 0.15) is 0 Å². The molecule has 0 saturated heterocycles. The van der Waals surface area contributed by atoms with Gasteiger partial charge in [0.05, 0.1) is 0 Å². The highest BCUT2D eigenvalue weighted by Gasteiger charge is 2.30. The van der Waals surface area contributed by atoms with Crippen molar-refractivity contribution in [1.29, 1.82) is 0 Å². The van der Waals surface area contributed by atoms with Crippen LogP contribution in [-0.4, -0.2) is 5.38 Å². The lowest BCUT2D eigenvalue weighted by Crippen LogP contribution is -2.27. The summed E-state index contributed by atoms with van der Waals surface area (Å²) in [6.45, 7) is 0. The first kappa shape index (κ1) is 10.8. The average molecular weight is 215 g/mol. The Morgan fingerprint density at radius 3 is 1.86 bits per heavy atom. The second-order valence-electron chi connectivity index (χ2n) is 5.22. The molecule has 82 valence electrons. The summed E-state index contributed by atoms with van der Waals surface area (Å²) in [6, 6.07) is 0. The minimum atomic E-state index is 0.506. The SMILES string of the molecule is ClC1CCCCC1C1CCCCCC1. The molecule has 0 aromatic carbocycles. The van der Waals surface area contributed by atoms with Crippen molar-refractivity contribution in [2.45, 2.75) is 69.6 Å². The molecule has 2 aliphatic rings. The highest BCUT2D eigenvalue weighted by Crippen LogP contribution is 2.39. The van der Waals surface area contributed by atoms with Crippen LogP contribution >= 0.6 is 11.6 Å². The maximum absolute atomic E-state index is 6.47. The number of hydrogen-bond donors (Lipinski definition) is 0. The first-order valence-corrected chi connectivity index (χ1v) is 6.95. The van der Waals surface area contributed by atoms with E-state index in [9.17, 15) is 0 Å². The fourth-order valence-electron chi connectivity index (χ4n) is 3.38. The van der Waals surface area contributed by atoms with Crippen LogP contribution in [0.2, 0.25) is 0 Å². The molecule has 0 N–H and O–H groups in total. The Morgan fingerprint density at radius 2 is 1.21 bits per heavy atom. The lowest BCUT2D eigenvalue weighted by Gasteiger charge is -2.33. The van der Waals surface area contributed by atoms with Gasteiger partial charge in [-0.15, -0.1) is 11.6 Å². The van der Waals surface area contributed by atoms with Crippen molar-refractivity contribution in [1.82, 2.24) is 0 Å². The molecule has 14 heavy (non-hydrogen) atoms. The smallest absolute Gasteiger partial charge is 0.0366 e. The third-order valence-corrected chi connectivity index (χ3v) is 4.78. The standard InChI is InChI=1S/C13H23Cl/c14-13-10-6-5-9-12(13)11-7-3-1-2-4-8-11/h11-13H,1-10H2. The third kappa shape index (κ3) is 2.66. The van der Waals surface area contributed by atoms with Crippen LogP contribution in [0.3, 0.4) is 0 Å². The van der Waals surface area contributed by atoms with E-state index in [1.807, 2.05) is 0 Å². The fraction of sp³-hybridized carbons (Fsp3) is 1.00. The molecular formula is C13H23Cl. The van der Waals surface area contributed by atoms with Gasteiger partial charge in [-0.25, -0.2) is 0 Å². The van der Waals surface area contributed by atoms with E-state index >= 15 is 0 Å². The summed E-state index contributed by atoms with van der Waals surface area (Å²) < 4.78 is 0. The van der Waals surface area contributed by atoms with Gasteiger partial charge in [0, 0.05) is 5.38 Å². The van der Waals surface area contributed by atoms with Gasteiger partial charge >= 0.3 is 0 Å². The monoisotopic (exact) mass is 214 g/mol. The van der Waals surface area contributed by atoms with Crippen molar-refractivity contribution >= 4 is 11.6 Å². The van der Waals surface area contributed by atoms with Crippen molar-refractivity contribution in [3.63, 3.8) is 0 Å². The van der Waals surface area contributed by atoms with Crippen molar-refractivity contribution in [2.75, 3.05) is 0 Å². The van der Waals surface area contributed by atoms with Crippen molar-refractivity contribution < 1.29 is 0 Å². The Hall–Kier alpha value is 0.290. The minimum Gasteiger partial charge on any atom is -0.123 e. The molecule has 0 bridgehead atoms. The van der Waals surface area contributed by atoms with Gasteiger partial charge in [0.15, 0.2) is 0 Å². The predicted octanol–water partition coefficient (Wildman–Crippen LogP) is 4.75. The normalized spacial score (nSPS) is 36.6. The molecule has 2 fully saturated rings. The minimum absolute atomic E-state index is 0.506. The quantitative estimate of drug-likeness (QED) is 0.436. The van der Waals surface area contributed by atoms with Crippen LogP contribution < -0.4 is 0 Å². The Balaban J connectivity index is 1.90. The molecule has 0 radical (unpaired) electrons. The number of hydrogen-bond acceptors (Lipinski definition) is 0. The van der Waals surface area contributed by atoms with Crippen molar-refractivity contribution in [3.8, 4) is 0 Å². The molecule has 0 amide bonds. The van der Waals surface area contributed by atoms with Crippen LogP contribution in [0.25, 0.3) is 0 Å². The van der Waals surface area contributed by atoms with Crippen LogP contribution in [-0.2, 0) is 0 Å². The van der Waals surface area contributed by atoms with Crippen LogP contribution in [0.1, 0.15) is 64.2 Å². The zero-order chi connectivity index (χ0) is 9.80. The highest BCUT2D eigenvalue weighted by molar-refractivity contribution is 6.20. The van der Waals surface area contributed by atoms with Gasteiger partial charge in [-0.3, -0.25) is 0 Å². The molecule has 2 unspecified atom stereocenters. The first-order chi connectivity index (χ1) is 6.88. The lowest BCUT2D eigenvalue weighted by molar-refractivity contribution is 0.232. The molecule has 0 heterocycles. The summed E-state index contributed by atoms with van der Waals surface area (Å²) in [6.07, 6.45) is 14.3. The summed E-state index contributed by atoms with van der Waals surface area (Å²) in [7, 11) is 0. The molecule has 1 heteroatoms. The van der Waals surface area contributed by atoms with E-state index in [2.05, 4.69) is 0 Å².